The van der Waals surface area contributed by atoms with Crippen molar-refractivity contribution in [3.05, 3.63) is 24.3 Å². The number of thiol groups is 1. The third-order valence-corrected chi connectivity index (χ3v) is 1.42. The maximum atomic E-state index is 10.3. The predicted octanol–water partition coefficient (Wildman–Crippen LogP) is -7.60. The van der Waals surface area contributed by atoms with E-state index in [9.17, 15) is 10.0 Å². The van der Waals surface area contributed by atoms with Crippen molar-refractivity contribution in [3.8, 4) is 0 Å². The van der Waals surface area contributed by atoms with Crippen molar-refractivity contribution in [1.29, 1.82) is 0 Å². The molecule has 1 aromatic carbocycles. The molecule has 0 bridgehead atoms. The Kier molecular flexibility index (Phi) is 10.6. The normalized spacial score (nSPS) is 7.92. The molecule has 12 heavy (non-hydrogen) atoms. The summed E-state index contributed by atoms with van der Waals surface area (Å²) < 4.78 is 0. The van der Waals surface area contributed by atoms with E-state index >= 15 is 0 Å². The second-order valence-electron chi connectivity index (χ2n) is 1.93. The topological polar surface area (TPSA) is 46.1 Å². The zero-order valence-corrected chi connectivity index (χ0v) is 12.0. The SMILES string of the molecule is [Na+].[Na+].[O-]B([O-])c1cccc(S)c1. The van der Waals surface area contributed by atoms with Gasteiger partial charge >= 0.3 is 59.1 Å². The van der Waals surface area contributed by atoms with Crippen molar-refractivity contribution >= 4 is 25.2 Å². The number of rotatable bonds is 1. The fraction of sp³-hybridized carbons (Fsp3) is 0. The quantitative estimate of drug-likeness (QED) is 0.360. The number of hydrogen-bond donors (Lipinski definition) is 1. The van der Waals surface area contributed by atoms with Gasteiger partial charge in [-0.05, 0) is 6.07 Å². The van der Waals surface area contributed by atoms with Gasteiger partial charge in [0.2, 0.25) is 0 Å². The molecule has 0 heterocycles. The van der Waals surface area contributed by atoms with Crippen LogP contribution in [0.2, 0.25) is 0 Å². The van der Waals surface area contributed by atoms with E-state index in [2.05, 4.69) is 12.6 Å². The van der Waals surface area contributed by atoms with Crippen LogP contribution in [-0.4, -0.2) is 7.12 Å². The molecule has 0 aromatic heterocycles. The Bertz CT molecular complexity index is 235. The molecular formula is C6H5BNa2O2S. The summed E-state index contributed by atoms with van der Waals surface area (Å²) in [5.41, 5.74) is 0.243. The minimum Gasteiger partial charge on any atom is -0.889 e. The zero-order chi connectivity index (χ0) is 7.56. The molecule has 0 N–H and O–H groups in total. The average molecular weight is 198 g/mol. The third-order valence-electron chi connectivity index (χ3n) is 1.14. The van der Waals surface area contributed by atoms with E-state index in [1.807, 2.05) is 0 Å². The van der Waals surface area contributed by atoms with Gasteiger partial charge in [0.15, 0.2) is 0 Å². The second kappa shape index (κ2) is 7.91. The maximum Gasteiger partial charge on any atom is 1.00 e. The fourth-order valence-corrected chi connectivity index (χ4v) is 0.907. The number of hydrogen-bond acceptors (Lipinski definition) is 3. The predicted molar refractivity (Wildman–Crippen MR) is 39.1 cm³/mol. The molecule has 0 unspecified atom stereocenters. The molecule has 6 heteroatoms. The van der Waals surface area contributed by atoms with Gasteiger partial charge in [0.05, 0.1) is 0 Å². The molecule has 2 nitrogen and oxygen atoms in total. The van der Waals surface area contributed by atoms with Crippen LogP contribution in [0.1, 0.15) is 0 Å². The van der Waals surface area contributed by atoms with Crippen LogP contribution in [0, 0.1) is 0 Å². The van der Waals surface area contributed by atoms with Crippen molar-refractivity contribution in [3.63, 3.8) is 0 Å². The van der Waals surface area contributed by atoms with Gasteiger partial charge in [-0.15, -0.1) is 18.1 Å². The molecule has 0 aliphatic carbocycles. The van der Waals surface area contributed by atoms with E-state index in [0.717, 1.165) is 0 Å². The summed E-state index contributed by atoms with van der Waals surface area (Å²) in [5.74, 6) is 0. The Labute approximate surface area is 122 Å². The van der Waals surface area contributed by atoms with Crippen molar-refractivity contribution in [2.24, 2.45) is 0 Å². The van der Waals surface area contributed by atoms with Crippen LogP contribution in [0.4, 0.5) is 0 Å². The first-order valence-corrected chi connectivity index (χ1v) is 3.25. The molecular weight excluding hydrogens is 193 g/mol. The van der Waals surface area contributed by atoms with Crippen molar-refractivity contribution in [1.82, 2.24) is 0 Å². The van der Waals surface area contributed by atoms with E-state index in [1.54, 1.807) is 12.1 Å². The molecule has 0 saturated heterocycles. The van der Waals surface area contributed by atoms with E-state index in [4.69, 9.17) is 0 Å². The van der Waals surface area contributed by atoms with Gasteiger partial charge in [0.1, 0.15) is 0 Å². The first-order valence-electron chi connectivity index (χ1n) is 2.81. The first-order chi connectivity index (χ1) is 4.70. The monoisotopic (exact) mass is 198 g/mol. The first kappa shape index (κ1) is 16.0. The van der Waals surface area contributed by atoms with Crippen LogP contribution in [0.5, 0.6) is 0 Å². The molecule has 0 radical (unpaired) electrons. The summed E-state index contributed by atoms with van der Waals surface area (Å²) in [6.45, 7) is 0. The standard InChI is InChI=1S/C6H5BO2S.2Na/c8-7(9)5-2-1-3-6(10)4-5;;/h1-4,10H;;/q-2;2*+1. The largest absolute Gasteiger partial charge is 1.00 e. The molecule has 0 aliphatic heterocycles. The Morgan fingerprint density at radius 3 is 2.08 bits per heavy atom. The molecule has 0 amide bonds. The van der Waals surface area contributed by atoms with Gasteiger partial charge in [-0.3, -0.25) is 0 Å². The van der Waals surface area contributed by atoms with Crippen LogP contribution in [0.3, 0.4) is 0 Å². The third kappa shape index (κ3) is 5.32. The number of benzene rings is 1. The average Bonchev–Trinajstić information content (AvgIpc) is 1.88. The van der Waals surface area contributed by atoms with E-state index in [0.29, 0.717) is 4.90 Å². The van der Waals surface area contributed by atoms with Crippen LogP contribution in [0.15, 0.2) is 29.2 Å². The summed E-state index contributed by atoms with van der Waals surface area (Å²) in [4.78, 5) is 0.647. The van der Waals surface area contributed by atoms with Gasteiger partial charge in [-0.1, -0.05) is 25.3 Å². The van der Waals surface area contributed by atoms with Crippen molar-refractivity contribution in [2.75, 3.05) is 0 Å². The Morgan fingerprint density at radius 2 is 1.75 bits per heavy atom. The molecule has 0 spiro atoms. The van der Waals surface area contributed by atoms with Crippen molar-refractivity contribution < 1.29 is 69.2 Å². The van der Waals surface area contributed by atoms with Gasteiger partial charge in [0.25, 0.3) is 0 Å². The summed E-state index contributed by atoms with van der Waals surface area (Å²) in [5, 5.41) is 20.6. The van der Waals surface area contributed by atoms with Gasteiger partial charge < -0.3 is 10.0 Å². The zero-order valence-electron chi connectivity index (χ0n) is 7.15. The van der Waals surface area contributed by atoms with E-state index in [1.165, 1.54) is 12.1 Å². The Hall–Kier alpha value is 1.55. The molecule has 0 fully saturated rings. The smallest absolute Gasteiger partial charge is 0.889 e. The molecule has 0 saturated carbocycles. The summed E-state index contributed by atoms with van der Waals surface area (Å²) >= 11 is 3.97. The van der Waals surface area contributed by atoms with E-state index < -0.39 is 7.12 Å². The summed E-state index contributed by atoms with van der Waals surface area (Å²) in [6.07, 6.45) is 0. The summed E-state index contributed by atoms with van der Waals surface area (Å²) in [7, 11) is -1.90. The van der Waals surface area contributed by atoms with Crippen LogP contribution in [0.25, 0.3) is 0 Å². The Morgan fingerprint density at radius 1 is 1.17 bits per heavy atom. The summed E-state index contributed by atoms with van der Waals surface area (Å²) in [6, 6.07) is 6.34. The maximum absolute atomic E-state index is 10.3. The van der Waals surface area contributed by atoms with Gasteiger partial charge in [-0.25, -0.2) is 0 Å². The Balaban J connectivity index is 0. The fourth-order valence-electron chi connectivity index (χ4n) is 0.671. The van der Waals surface area contributed by atoms with Crippen LogP contribution >= 0.6 is 12.6 Å². The van der Waals surface area contributed by atoms with Crippen molar-refractivity contribution in [2.45, 2.75) is 4.90 Å². The molecule has 0 atom stereocenters. The second-order valence-corrected chi connectivity index (χ2v) is 2.44. The van der Waals surface area contributed by atoms with Gasteiger partial charge in [0, 0.05) is 4.90 Å². The molecule has 52 valence electrons. The minimum atomic E-state index is -1.90. The molecule has 1 aromatic rings. The molecule has 1 rings (SSSR count). The van der Waals surface area contributed by atoms with Crippen LogP contribution < -0.4 is 74.6 Å². The minimum absolute atomic E-state index is 0. The van der Waals surface area contributed by atoms with E-state index in [-0.39, 0.29) is 64.6 Å². The van der Waals surface area contributed by atoms with Crippen LogP contribution in [-0.2, 0) is 0 Å². The van der Waals surface area contributed by atoms with Gasteiger partial charge in [-0.2, -0.15) is 0 Å². The molecule has 0 aliphatic rings.